The van der Waals surface area contributed by atoms with Gasteiger partial charge >= 0.3 is 0 Å². The molecule has 2 rings (SSSR count). The van der Waals surface area contributed by atoms with Crippen LogP contribution in [0.15, 0.2) is 45.8 Å². The van der Waals surface area contributed by atoms with Crippen LogP contribution >= 0.6 is 24.0 Å². The van der Waals surface area contributed by atoms with Crippen molar-refractivity contribution >= 4 is 41.5 Å². The van der Waals surface area contributed by atoms with Gasteiger partial charge in [0.05, 0.1) is 6.61 Å². The van der Waals surface area contributed by atoms with Crippen molar-refractivity contribution in [2.24, 2.45) is 10.7 Å². The van der Waals surface area contributed by atoms with Gasteiger partial charge in [-0.15, -0.1) is 24.0 Å². The number of carbonyl (C=O) groups is 1. The van der Waals surface area contributed by atoms with Gasteiger partial charge in [0.25, 0.3) is 5.91 Å². The van der Waals surface area contributed by atoms with Crippen LogP contribution in [0.25, 0.3) is 0 Å². The van der Waals surface area contributed by atoms with E-state index in [-0.39, 0.29) is 36.3 Å². The van der Waals surface area contributed by atoms with Crippen LogP contribution in [0.5, 0.6) is 5.75 Å². The van der Waals surface area contributed by atoms with Crippen molar-refractivity contribution in [1.29, 1.82) is 0 Å². The van der Waals surface area contributed by atoms with E-state index < -0.39 is 5.91 Å². The number of rotatable bonds is 10. The average Bonchev–Trinajstić information content (AvgIpc) is 3.13. The molecule has 0 aliphatic heterocycles. The number of halogens is 1. The minimum atomic E-state index is -0.599. The van der Waals surface area contributed by atoms with Gasteiger partial charge in [0, 0.05) is 38.4 Å². The molecule has 8 nitrogen and oxygen atoms in total. The number of methoxy groups -OCH3 is 1. The summed E-state index contributed by atoms with van der Waals surface area (Å²) in [6.07, 6.45) is 0.828. The van der Waals surface area contributed by atoms with E-state index in [4.69, 9.17) is 19.6 Å². The lowest BCUT2D eigenvalue weighted by Gasteiger charge is -2.12. The van der Waals surface area contributed by atoms with Crippen molar-refractivity contribution in [3.05, 3.63) is 47.9 Å². The zero-order valence-corrected chi connectivity index (χ0v) is 18.4. The Morgan fingerprint density at radius 1 is 1.25 bits per heavy atom. The molecule has 0 atom stereocenters. The fourth-order valence-electron chi connectivity index (χ4n) is 2.25. The molecule has 1 aromatic carbocycles. The van der Waals surface area contributed by atoms with Gasteiger partial charge in [0.15, 0.2) is 11.7 Å². The van der Waals surface area contributed by atoms with Crippen molar-refractivity contribution in [2.75, 3.05) is 32.2 Å². The number of anilines is 1. The molecule has 0 saturated carbocycles. The molecule has 1 heterocycles. The summed E-state index contributed by atoms with van der Waals surface area (Å²) in [5.41, 5.74) is 6.03. The molecular weight excluding hydrogens is 475 g/mol. The van der Waals surface area contributed by atoms with E-state index in [2.05, 4.69) is 15.6 Å². The van der Waals surface area contributed by atoms with Crippen LogP contribution in [0.3, 0.4) is 0 Å². The van der Waals surface area contributed by atoms with Gasteiger partial charge in [-0.2, -0.15) is 0 Å². The first-order chi connectivity index (χ1) is 13.1. The summed E-state index contributed by atoms with van der Waals surface area (Å²) in [5.74, 6) is 1.43. The van der Waals surface area contributed by atoms with Gasteiger partial charge in [0.1, 0.15) is 18.1 Å². The lowest BCUT2D eigenvalue weighted by Crippen LogP contribution is -2.30. The molecular formula is C19H27IN4O4. The number of nitrogens with zero attached hydrogens (tertiary/aromatic N) is 1. The second-order valence-corrected chi connectivity index (χ2v) is 5.67. The molecule has 0 saturated heterocycles. The second kappa shape index (κ2) is 13.0. The summed E-state index contributed by atoms with van der Waals surface area (Å²) < 4.78 is 16.1. The highest BCUT2D eigenvalue weighted by Crippen LogP contribution is 2.17. The Balaban J connectivity index is 0.00000392. The first-order valence-electron chi connectivity index (χ1n) is 8.78. The lowest BCUT2D eigenvalue weighted by atomic mass is 10.3. The Labute approximate surface area is 181 Å². The molecule has 1 aromatic heterocycles. The molecule has 0 unspecified atom stereocenters. The Bertz CT molecular complexity index is 764. The molecule has 0 aliphatic rings. The summed E-state index contributed by atoms with van der Waals surface area (Å²) in [5, 5.41) is 6.38. The standard InChI is InChI=1S/C19H26N4O4.HI/c1-3-21-19(22-13-16-8-9-17(27-16)18(20)24)23-14-6-4-7-15(12-14)26-11-5-10-25-2;/h4,6-9,12H,3,5,10-11,13H2,1-2H3,(H2,20,24)(H2,21,22,23);1H. The van der Waals surface area contributed by atoms with Crippen molar-refractivity contribution < 1.29 is 18.7 Å². The monoisotopic (exact) mass is 502 g/mol. The van der Waals surface area contributed by atoms with Crippen LogP contribution in [0.2, 0.25) is 0 Å². The average molecular weight is 502 g/mol. The highest BCUT2D eigenvalue weighted by molar-refractivity contribution is 14.0. The third kappa shape index (κ3) is 8.17. The zero-order valence-electron chi connectivity index (χ0n) is 16.1. The highest BCUT2D eigenvalue weighted by atomic mass is 127. The van der Waals surface area contributed by atoms with Crippen molar-refractivity contribution in [3.63, 3.8) is 0 Å². The zero-order chi connectivity index (χ0) is 19.5. The topological polar surface area (TPSA) is 111 Å². The Kier molecular flexibility index (Phi) is 11.0. The van der Waals surface area contributed by atoms with Crippen LogP contribution in [0.4, 0.5) is 5.69 Å². The number of aliphatic imine (C=N–C) groups is 1. The van der Waals surface area contributed by atoms with Gasteiger partial charge in [-0.05, 0) is 31.2 Å². The van der Waals surface area contributed by atoms with Gasteiger partial charge in [-0.25, -0.2) is 4.99 Å². The molecule has 0 aliphatic carbocycles. The predicted octanol–water partition coefficient (Wildman–Crippen LogP) is 2.99. The molecule has 1 amide bonds. The van der Waals surface area contributed by atoms with E-state index >= 15 is 0 Å². The first kappa shape index (κ1) is 23.8. The van der Waals surface area contributed by atoms with Crippen LogP contribution in [-0.4, -0.2) is 38.7 Å². The Hall–Kier alpha value is -2.27. The molecule has 0 fully saturated rings. The summed E-state index contributed by atoms with van der Waals surface area (Å²) in [4.78, 5) is 15.5. The number of benzene rings is 1. The number of carbonyl (C=O) groups excluding carboxylic acids is 1. The Morgan fingerprint density at radius 2 is 2.07 bits per heavy atom. The molecule has 2 aromatic rings. The SMILES string of the molecule is CCNC(=NCc1ccc(C(N)=O)o1)Nc1cccc(OCCCOC)c1.I. The van der Waals surface area contributed by atoms with Crippen molar-refractivity contribution in [2.45, 2.75) is 19.9 Å². The summed E-state index contributed by atoms with van der Waals surface area (Å²) in [7, 11) is 1.67. The number of ether oxygens (including phenoxy) is 2. The molecule has 154 valence electrons. The third-order valence-corrected chi connectivity index (χ3v) is 3.50. The minimum Gasteiger partial charge on any atom is -0.493 e. The van der Waals surface area contributed by atoms with Crippen LogP contribution in [0.1, 0.15) is 29.7 Å². The maximum atomic E-state index is 11.1. The number of primary amides is 1. The fourth-order valence-corrected chi connectivity index (χ4v) is 2.25. The van der Waals surface area contributed by atoms with Gasteiger partial charge in [-0.3, -0.25) is 4.79 Å². The molecule has 0 spiro atoms. The lowest BCUT2D eigenvalue weighted by molar-refractivity contribution is 0.0972. The smallest absolute Gasteiger partial charge is 0.284 e. The van der Waals surface area contributed by atoms with E-state index in [1.807, 2.05) is 31.2 Å². The maximum Gasteiger partial charge on any atom is 0.284 e. The van der Waals surface area contributed by atoms with E-state index in [1.54, 1.807) is 13.2 Å². The van der Waals surface area contributed by atoms with Gasteiger partial charge in [0.2, 0.25) is 0 Å². The Morgan fingerprint density at radius 3 is 2.75 bits per heavy atom. The van der Waals surface area contributed by atoms with Gasteiger partial charge in [-0.1, -0.05) is 6.07 Å². The number of nitrogens with two attached hydrogens (primary N) is 1. The molecule has 4 N–H and O–H groups in total. The predicted molar refractivity (Wildman–Crippen MR) is 120 cm³/mol. The number of hydrogen-bond donors (Lipinski definition) is 3. The number of hydrogen-bond acceptors (Lipinski definition) is 5. The van der Waals surface area contributed by atoms with Crippen LogP contribution in [0, 0.1) is 0 Å². The number of amides is 1. The normalized spacial score (nSPS) is 10.9. The summed E-state index contributed by atoms with van der Waals surface area (Å²) in [6.45, 7) is 4.20. The van der Waals surface area contributed by atoms with Crippen LogP contribution < -0.4 is 21.1 Å². The number of nitrogens with one attached hydrogen (secondary N) is 2. The van der Waals surface area contributed by atoms with E-state index in [0.29, 0.717) is 31.5 Å². The quantitative estimate of drug-likeness (QED) is 0.200. The van der Waals surface area contributed by atoms with E-state index in [9.17, 15) is 4.79 Å². The maximum absolute atomic E-state index is 11.1. The minimum absolute atomic E-state index is 0. The first-order valence-corrected chi connectivity index (χ1v) is 8.78. The summed E-state index contributed by atoms with van der Waals surface area (Å²) >= 11 is 0. The van der Waals surface area contributed by atoms with Crippen LogP contribution in [-0.2, 0) is 11.3 Å². The third-order valence-electron chi connectivity index (χ3n) is 3.50. The van der Waals surface area contributed by atoms with Crippen molar-refractivity contribution in [3.8, 4) is 5.75 Å². The molecule has 0 radical (unpaired) electrons. The second-order valence-electron chi connectivity index (χ2n) is 5.67. The largest absolute Gasteiger partial charge is 0.493 e. The summed E-state index contributed by atoms with van der Waals surface area (Å²) in [6, 6.07) is 10.9. The van der Waals surface area contributed by atoms with E-state index in [1.165, 1.54) is 6.07 Å². The number of furan rings is 1. The van der Waals surface area contributed by atoms with E-state index in [0.717, 1.165) is 17.9 Å². The highest BCUT2D eigenvalue weighted by Gasteiger charge is 2.07. The number of guanidine groups is 1. The van der Waals surface area contributed by atoms with Gasteiger partial charge < -0.3 is 30.3 Å². The molecule has 9 heteroatoms. The molecule has 0 bridgehead atoms. The van der Waals surface area contributed by atoms with Crippen molar-refractivity contribution in [1.82, 2.24) is 5.32 Å². The molecule has 28 heavy (non-hydrogen) atoms. The fraction of sp³-hybridized carbons (Fsp3) is 0.368.